The maximum atomic E-state index is 12.6. The number of nitrogens with zero attached hydrogens (tertiary/aromatic N) is 6. The van der Waals surface area contributed by atoms with Gasteiger partial charge in [-0.1, -0.05) is 40.2 Å². The smallest absolute Gasteiger partial charge is 0.488 e. The van der Waals surface area contributed by atoms with E-state index in [4.69, 9.17) is 48.7 Å². The van der Waals surface area contributed by atoms with Gasteiger partial charge in [0, 0.05) is 69.5 Å². The van der Waals surface area contributed by atoms with Crippen LogP contribution in [0, 0.1) is 0 Å². The molecule has 20 heteroatoms. The summed E-state index contributed by atoms with van der Waals surface area (Å²) in [7, 11) is -1.46. The fourth-order valence-corrected chi connectivity index (χ4v) is 10.3. The highest BCUT2D eigenvalue weighted by atomic mass is 79.9. The minimum Gasteiger partial charge on any atom is -0.508 e. The predicted molar refractivity (Wildman–Crippen MR) is 302 cm³/mol. The zero-order valence-corrected chi connectivity index (χ0v) is 47.8. The summed E-state index contributed by atoms with van der Waals surface area (Å²) < 4.78 is 41.3. The third kappa shape index (κ3) is 15.2. The number of piperidine rings is 2. The summed E-state index contributed by atoms with van der Waals surface area (Å²) in [5.74, 6) is 1.91. The number of halogens is 1. The van der Waals surface area contributed by atoms with E-state index in [9.17, 15) is 14.7 Å². The predicted octanol–water partition coefficient (Wildman–Crippen LogP) is 11.0. The van der Waals surface area contributed by atoms with Crippen LogP contribution in [-0.4, -0.2) is 131 Å². The molecule has 420 valence electrons. The molecule has 4 aliphatic heterocycles. The van der Waals surface area contributed by atoms with Crippen LogP contribution in [0.4, 0.5) is 9.59 Å². The minimum atomic E-state index is -1.46. The van der Waals surface area contributed by atoms with Gasteiger partial charge in [0.05, 0.1) is 34.2 Å². The zero-order valence-electron chi connectivity index (χ0n) is 46.2. The molecule has 10 rings (SSSR count). The molecular formula is C58H76BBrN6O12. The van der Waals surface area contributed by atoms with Crippen molar-refractivity contribution in [3.05, 3.63) is 89.7 Å². The third-order valence-electron chi connectivity index (χ3n) is 14.2. The lowest BCUT2D eigenvalue weighted by molar-refractivity contribution is -0.0368. The van der Waals surface area contributed by atoms with Gasteiger partial charge in [-0.3, -0.25) is 0 Å². The molecule has 2 unspecified atom stereocenters. The van der Waals surface area contributed by atoms with Gasteiger partial charge >= 0.3 is 19.3 Å². The molecule has 0 saturated carbocycles. The highest BCUT2D eigenvalue weighted by molar-refractivity contribution is 9.10. The number of fused-ring (bicyclic) bond motifs is 2. The summed E-state index contributed by atoms with van der Waals surface area (Å²) in [6, 6.07) is 21.1. The summed E-state index contributed by atoms with van der Waals surface area (Å²) in [5, 5.41) is 47.0. The Labute approximate surface area is 465 Å². The molecule has 4 saturated heterocycles. The molecule has 78 heavy (non-hydrogen) atoms. The second-order valence-electron chi connectivity index (χ2n) is 23.1. The van der Waals surface area contributed by atoms with Crippen molar-refractivity contribution in [3.8, 4) is 34.1 Å². The molecule has 18 nitrogen and oxygen atoms in total. The average molecular weight is 1140 g/mol. The van der Waals surface area contributed by atoms with Gasteiger partial charge in [-0.25, -0.2) is 19.0 Å². The van der Waals surface area contributed by atoms with Crippen LogP contribution in [0.3, 0.4) is 0 Å². The van der Waals surface area contributed by atoms with Crippen molar-refractivity contribution in [1.29, 1.82) is 0 Å². The minimum absolute atomic E-state index is 0.0268. The molecule has 0 bridgehead atoms. The molecular weight excluding hydrogens is 1060 g/mol. The van der Waals surface area contributed by atoms with Gasteiger partial charge in [0.25, 0.3) is 0 Å². The molecule has 2 atom stereocenters. The van der Waals surface area contributed by atoms with Crippen molar-refractivity contribution in [1.82, 2.24) is 29.4 Å². The third-order valence-corrected chi connectivity index (χ3v) is 14.7. The maximum Gasteiger partial charge on any atom is 0.488 e. The van der Waals surface area contributed by atoms with E-state index in [0.29, 0.717) is 44.5 Å². The second kappa shape index (κ2) is 24.5. The van der Waals surface area contributed by atoms with Gasteiger partial charge < -0.3 is 58.5 Å². The van der Waals surface area contributed by atoms with E-state index in [1.165, 1.54) is 24.3 Å². The number of benzene rings is 4. The number of carbonyl (C=O) groups is 2. The molecule has 0 spiro atoms. The molecule has 6 heterocycles. The number of amides is 2. The number of rotatable bonds is 8. The Bertz CT molecular complexity index is 2960. The van der Waals surface area contributed by atoms with E-state index >= 15 is 0 Å². The normalized spacial score (nSPS) is 19.4. The Morgan fingerprint density at radius 3 is 1.45 bits per heavy atom. The maximum absolute atomic E-state index is 12.6. The van der Waals surface area contributed by atoms with Gasteiger partial charge in [-0.15, -0.1) is 0 Å². The molecule has 0 radical (unpaired) electrons. The Hall–Kier alpha value is -6.06. The van der Waals surface area contributed by atoms with E-state index in [1.54, 1.807) is 21.9 Å². The Morgan fingerprint density at radius 1 is 0.615 bits per heavy atom. The second-order valence-corrected chi connectivity index (χ2v) is 24.0. The van der Waals surface area contributed by atoms with Gasteiger partial charge in [0.2, 0.25) is 0 Å². The Morgan fingerprint density at radius 2 is 1.04 bits per heavy atom. The van der Waals surface area contributed by atoms with E-state index in [0.717, 1.165) is 113 Å². The summed E-state index contributed by atoms with van der Waals surface area (Å²) >= 11 is 3.63. The number of carbonyl (C=O) groups excluding carboxylic acids is 2. The first kappa shape index (κ1) is 58.1. The number of phenolic OH excluding ortho intramolecular Hbond substituents is 2. The fraction of sp³-hybridized carbons (Fsp3) is 0.517. The van der Waals surface area contributed by atoms with E-state index in [2.05, 4.69) is 47.0 Å². The van der Waals surface area contributed by atoms with Crippen LogP contribution in [0.25, 0.3) is 32.9 Å². The van der Waals surface area contributed by atoms with E-state index in [1.807, 2.05) is 87.6 Å². The first-order valence-corrected chi connectivity index (χ1v) is 27.9. The molecule has 6 aromatic rings. The summed E-state index contributed by atoms with van der Waals surface area (Å²) in [6.45, 7) is 19.4. The van der Waals surface area contributed by atoms with E-state index in [-0.39, 0.29) is 41.7 Å². The molecule has 2 aromatic heterocycles. The first-order valence-electron chi connectivity index (χ1n) is 27.1. The lowest BCUT2D eigenvalue weighted by Gasteiger charge is -2.40. The number of aromatic hydroxyl groups is 2. The van der Waals surface area contributed by atoms with Crippen LogP contribution in [-0.2, 0) is 18.9 Å². The molecule has 0 aliphatic carbocycles. The lowest BCUT2D eigenvalue weighted by Crippen LogP contribution is -2.49. The zero-order chi connectivity index (χ0) is 56.0. The van der Waals surface area contributed by atoms with Gasteiger partial charge in [0.1, 0.15) is 45.4 Å². The van der Waals surface area contributed by atoms with Crippen molar-refractivity contribution in [2.75, 3.05) is 39.4 Å². The molecule has 4 fully saturated rings. The van der Waals surface area contributed by atoms with Crippen molar-refractivity contribution in [3.63, 3.8) is 0 Å². The quantitative estimate of drug-likeness (QED) is 0.104. The van der Waals surface area contributed by atoms with Gasteiger partial charge in [0.15, 0.2) is 12.5 Å². The molecule has 4 N–H and O–H groups in total. The fourth-order valence-electron chi connectivity index (χ4n) is 9.83. The molecule has 4 aromatic carbocycles. The number of ether oxygens (including phenoxy) is 6. The molecule has 4 aliphatic rings. The van der Waals surface area contributed by atoms with Gasteiger partial charge in [-0.2, -0.15) is 10.2 Å². The van der Waals surface area contributed by atoms with Gasteiger partial charge in [-0.05, 0) is 159 Å². The highest BCUT2D eigenvalue weighted by Crippen LogP contribution is 2.41. The van der Waals surface area contributed by atoms with Crippen LogP contribution in [0.1, 0.15) is 132 Å². The Balaban J connectivity index is 0.000000177. The molecule has 2 amide bonds. The summed E-state index contributed by atoms with van der Waals surface area (Å²) in [5.41, 5.74) is 2.49. The largest absolute Gasteiger partial charge is 0.508 e. The SMILES string of the molecule is CC(C)(C)OC(=O)N1CCC(C)(Oc2cc(-c3ccc(O)cc3)cc3c2cnn3C2CCCCO2)CC1.CC(C)(C)OC(=O)N1CCC(C)(Oc2cc(Br)cc3c2cnn3C2CCCCO2)CC1.OB(O)c1ccc(O)cc1. The number of likely N-dealkylation sites (tertiary alicyclic amines) is 2. The monoisotopic (exact) mass is 1140 g/mol. The number of hydrogen-bond acceptors (Lipinski definition) is 14. The van der Waals surface area contributed by atoms with Crippen LogP contribution >= 0.6 is 15.9 Å². The van der Waals surface area contributed by atoms with Crippen LogP contribution < -0.4 is 14.9 Å². The van der Waals surface area contributed by atoms with Crippen LogP contribution in [0.2, 0.25) is 0 Å². The lowest BCUT2D eigenvalue weighted by atomic mass is 9.80. The highest BCUT2D eigenvalue weighted by Gasteiger charge is 2.38. The van der Waals surface area contributed by atoms with Crippen LogP contribution in [0.5, 0.6) is 23.0 Å². The van der Waals surface area contributed by atoms with Crippen molar-refractivity contribution in [2.45, 2.75) is 154 Å². The van der Waals surface area contributed by atoms with E-state index < -0.39 is 23.9 Å². The topological polar surface area (TPSA) is 213 Å². The first-order chi connectivity index (χ1) is 36.9. The van der Waals surface area contributed by atoms with Crippen molar-refractivity contribution >= 4 is 62.5 Å². The van der Waals surface area contributed by atoms with Crippen LogP contribution in [0.15, 0.2) is 89.7 Å². The number of phenols is 2. The number of aromatic nitrogens is 4. The van der Waals surface area contributed by atoms with Crippen molar-refractivity contribution in [2.24, 2.45) is 0 Å². The summed E-state index contributed by atoms with van der Waals surface area (Å²) in [4.78, 5) is 28.5. The Kier molecular flexibility index (Phi) is 18.3. The van der Waals surface area contributed by atoms with Crippen molar-refractivity contribution < 1.29 is 58.3 Å². The number of hydrogen-bond donors (Lipinski definition) is 4. The standard InChI is InChI=1S/C29H37N3O5.C23H32BrN3O4.C6H7BO3/c1-28(2,3)37-27(34)31-14-12-29(4,13-15-31)36-25-18-21(20-8-10-22(33)11-9-20)17-24-23(25)19-30-32(24)26-7-5-6-16-35-26;1-22(2,3)31-21(28)26-10-8-23(4,9-11-26)30-19-14-16(24)13-18-17(19)15-25-27(18)20-7-5-6-12-29-20;8-6-3-1-5(2-4-6)7(9)10/h8-11,17-19,26,33H,5-7,12-16H2,1-4H3;13-15,20H,5-12H2,1-4H3;1-4,8-10H. The average Bonchev–Trinajstić information content (AvgIpc) is 4.12. The summed E-state index contributed by atoms with van der Waals surface area (Å²) in [6.07, 6.45) is 12.3.